The van der Waals surface area contributed by atoms with E-state index in [1.165, 1.54) is 25.7 Å². The molecule has 5 heteroatoms. The van der Waals surface area contributed by atoms with Crippen LogP contribution >= 0.6 is 0 Å². The molecule has 2 heterocycles. The molecule has 122 valence electrons. The zero-order valence-corrected chi connectivity index (χ0v) is 13.5. The smallest absolute Gasteiger partial charge is 0.249 e. The van der Waals surface area contributed by atoms with Crippen LogP contribution < -0.4 is 0 Å². The Labute approximate surface area is 132 Å². The topological polar surface area (TPSA) is 47.4 Å². The van der Waals surface area contributed by atoms with Crippen LogP contribution in [0.5, 0.6) is 0 Å². The number of likely N-dealkylation sites (tertiary alicyclic amines) is 1. The molecule has 1 aromatic rings. The summed E-state index contributed by atoms with van der Waals surface area (Å²) in [6.45, 7) is 1.07. The van der Waals surface area contributed by atoms with Gasteiger partial charge in [-0.1, -0.05) is 19.3 Å². The van der Waals surface area contributed by atoms with Crippen molar-refractivity contribution < 1.29 is 9.53 Å². The molecule has 1 unspecified atom stereocenters. The summed E-state index contributed by atoms with van der Waals surface area (Å²) in [6, 6.07) is 2.18. The van der Waals surface area contributed by atoms with Crippen molar-refractivity contribution in [2.24, 2.45) is 7.05 Å². The number of hydrogen-bond acceptors (Lipinski definition) is 3. The number of ether oxygens (including phenoxy) is 1. The van der Waals surface area contributed by atoms with E-state index in [0.717, 1.165) is 37.9 Å². The van der Waals surface area contributed by atoms with E-state index in [2.05, 4.69) is 5.10 Å². The lowest BCUT2D eigenvalue weighted by atomic mass is 9.97. The van der Waals surface area contributed by atoms with Gasteiger partial charge in [-0.3, -0.25) is 9.48 Å². The average Bonchev–Trinajstić information content (AvgIpc) is 2.99. The van der Waals surface area contributed by atoms with Gasteiger partial charge in [0, 0.05) is 19.8 Å². The SMILES string of the molecule is Cn1nccc1C1CCCCN1C(=O)COC1CCCCC1. The summed E-state index contributed by atoms with van der Waals surface area (Å²) >= 11 is 0. The van der Waals surface area contributed by atoms with Gasteiger partial charge in [-0.05, 0) is 38.2 Å². The van der Waals surface area contributed by atoms with Crippen LogP contribution in [-0.4, -0.2) is 39.8 Å². The third-order valence-electron chi connectivity index (χ3n) is 5.02. The standard InChI is InChI=1S/C17H27N3O2/c1-19-15(10-11-18-19)16-9-5-6-12-20(16)17(21)13-22-14-7-3-2-4-8-14/h10-11,14,16H,2-9,12-13H2,1H3. The van der Waals surface area contributed by atoms with Crippen LogP contribution in [0.15, 0.2) is 12.3 Å². The second-order valence-electron chi connectivity index (χ2n) is 6.55. The summed E-state index contributed by atoms with van der Waals surface area (Å²) in [4.78, 5) is 14.6. The minimum atomic E-state index is 0.136. The number of nitrogens with zero attached hydrogens (tertiary/aromatic N) is 3. The van der Waals surface area contributed by atoms with E-state index in [-0.39, 0.29) is 24.7 Å². The Morgan fingerprint density at radius 3 is 2.73 bits per heavy atom. The van der Waals surface area contributed by atoms with Gasteiger partial charge in [-0.15, -0.1) is 0 Å². The van der Waals surface area contributed by atoms with E-state index in [9.17, 15) is 4.79 Å². The van der Waals surface area contributed by atoms with Gasteiger partial charge >= 0.3 is 0 Å². The highest BCUT2D eigenvalue weighted by molar-refractivity contribution is 5.78. The summed E-state index contributed by atoms with van der Waals surface area (Å²) < 4.78 is 7.77. The minimum absolute atomic E-state index is 0.136. The van der Waals surface area contributed by atoms with Gasteiger partial charge < -0.3 is 9.64 Å². The van der Waals surface area contributed by atoms with Gasteiger partial charge in [0.25, 0.3) is 0 Å². The fourth-order valence-corrected chi connectivity index (χ4v) is 3.75. The number of amides is 1. The van der Waals surface area contributed by atoms with Crippen molar-refractivity contribution in [3.63, 3.8) is 0 Å². The van der Waals surface area contributed by atoms with Gasteiger partial charge in [0.2, 0.25) is 5.91 Å². The molecule has 3 rings (SSSR count). The molecule has 22 heavy (non-hydrogen) atoms. The van der Waals surface area contributed by atoms with E-state index in [4.69, 9.17) is 4.74 Å². The van der Waals surface area contributed by atoms with E-state index in [0.29, 0.717) is 0 Å². The Morgan fingerprint density at radius 2 is 2.00 bits per heavy atom. The number of rotatable bonds is 4. The molecule has 0 bridgehead atoms. The van der Waals surface area contributed by atoms with Crippen molar-refractivity contribution in [1.29, 1.82) is 0 Å². The lowest BCUT2D eigenvalue weighted by Crippen LogP contribution is -2.41. The van der Waals surface area contributed by atoms with E-state index >= 15 is 0 Å². The number of carbonyl (C=O) groups is 1. The van der Waals surface area contributed by atoms with Gasteiger partial charge in [0.05, 0.1) is 17.8 Å². The molecule has 1 aromatic heterocycles. The Bertz CT molecular complexity index is 494. The summed E-state index contributed by atoms with van der Waals surface area (Å²) in [5.74, 6) is 0.136. The number of piperidine rings is 1. The van der Waals surface area contributed by atoms with Crippen LogP contribution in [0.3, 0.4) is 0 Å². The zero-order chi connectivity index (χ0) is 15.4. The Kier molecular flexibility index (Phi) is 5.13. The van der Waals surface area contributed by atoms with Crippen molar-refractivity contribution in [3.8, 4) is 0 Å². The number of hydrogen-bond donors (Lipinski definition) is 0. The van der Waals surface area contributed by atoms with Crippen molar-refractivity contribution in [2.45, 2.75) is 63.5 Å². The third-order valence-corrected chi connectivity index (χ3v) is 5.02. The summed E-state index contributed by atoms with van der Waals surface area (Å²) in [6.07, 6.45) is 11.4. The van der Waals surface area contributed by atoms with E-state index in [1.807, 2.05) is 28.9 Å². The monoisotopic (exact) mass is 305 g/mol. The molecule has 5 nitrogen and oxygen atoms in total. The first-order valence-corrected chi connectivity index (χ1v) is 8.64. The maximum Gasteiger partial charge on any atom is 0.249 e. The van der Waals surface area contributed by atoms with Crippen molar-refractivity contribution >= 4 is 5.91 Å². The first kappa shape index (κ1) is 15.5. The Hall–Kier alpha value is -1.36. The molecule has 1 atom stereocenters. The Morgan fingerprint density at radius 1 is 1.23 bits per heavy atom. The molecule has 1 saturated heterocycles. The van der Waals surface area contributed by atoms with Crippen LogP contribution in [0, 0.1) is 0 Å². The summed E-state index contributed by atoms with van der Waals surface area (Å²) in [5.41, 5.74) is 1.13. The maximum absolute atomic E-state index is 12.6. The average molecular weight is 305 g/mol. The lowest BCUT2D eigenvalue weighted by molar-refractivity contribution is -0.143. The van der Waals surface area contributed by atoms with E-state index in [1.54, 1.807) is 0 Å². The van der Waals surface area contributed by atoms with Gasteiger partial charge in [0.15, 0.2) is 0 Å². The highest BCUT2D eigenvalue weighted by Gasteiger charge is 2.30. The van der Waals surface area contributed by atoms with Crippen LogP contribution in [0.2, 0.25) is 0 Å². The van der Waals surface area contributed by atoms with Gasteiger partial charge in [-0.25, -0.2) is 0 Å². The molecule has 2 fully saturated rings. The van der Waals surface area contributed by atoms with Crippen molar-refractivity contribution in [2.75, 3.05) is 13.2 Å². The summed E-state index contributed by atoms with van der Waals surface area (Å²) in [7, 11) is 1.95. The predicted molar refractivity (Wildman–Crippen MR) is 84.3 cm³/mol. The normalized spacial score (nSPS) is 23.7. The first-order valence-electron chi connectivity index (χ1n) is 8.64. The largest absolute Gasteiger partial charge is 0.368 e. The van der Waals surface area contributed by atoms with Crippen LogP contribution in [-0.2, 0) is 16.6 Å². The molecule has 0 aromatic carbocycles. The first-order chi connectivity index (χ1) is 10.8. The second kappa shape index (κ2) is 7.27. The molecule has 2 aliphatic rings. The summed E-state index contributed by atoms with van der Waals surface area (Å²) in [5, 5.41) is 4.25. The molecule has 0 radical (unpaired) electrons. The highest BCUT2D eigenvalue weighted by atomic mass is 16.5. The second-order valence-corrected chi connectivity index (χ2v) is 6.55. The van der Waals surface area contributed by atoms with Gasteiger partial charge in [-0.2, -0.15) is 5.10 Å². The molecule has 1 saturated carbocycles. The van der Waals surface area contributed by atoms with Crippen LogP contribution in [0.4, 0.5) is 0 Å². The molecule has 0 spiro atoms. The van der Waals surface area contributed by atoms with E-state index < -0.39 is 0 Å². The number of aromatic nitrogens is 2. The quantitative estimate of drug-likeness (QED) is 0.859. The van der Waals surface area contributed by atoms with Crippen LogP contribution in [0.25, 0.3) is 0 Å². The molecule has 1 amide bonds. The van der Waals surface area contributed by atoms with Crippen LogP contribution in [0.1, 0.15) is 63.1 Å². The molecule has 1 aliphatic heterocycles. The predicted octanol–water partition coefficient (Wildman–Crippen LogP) is 2.82. The zero-order valence-electron chi connectivity index (χ0n) is 13.5. The Balaban J connectivity index is 1.60. The fraction of sp³-hybridized carbons (Fsp3) is 0.765. The molecular formula is C17H27N3O2. The third kappa shape index (κ3) is 3.51. The number of aryl methyl sites for hydroxylation is 1. The van der Waals surface area contributed by atoms with Crippen molar-refractivity contribution in [3.05, 3.63) is 18.0 Å². The highest BCUT2D eigenvalue weighted by Crippen LogP contribution is 2.30. The number of carbonyl (C=O) groups excluding carboxylic acids is 1. The van der Waals surface area contributed by atoms with Gasteiger partial charge in [0.1, 0.15) is 6.61 Å². The fourth-order valence-electron chi connectivity index (χ4n) is 3.75. The molecule has 0 N–H and O–H groups in total. The lowest BCUT2D eigenvalue weighted by Gasteiger charge is -2.36. The maximum atomic E-state index is 12.6. The molecular weight excluding hydrogens is 278 g/mol. The molecule has 1 aliphatic carbocycles. The van der Waals surface area contributed by atoms with Crippen molar-refractivity contribution in [1.82, 2.24) is 14.7 Å². The minimum Gasteiger partial charge on any atom is -0.368 e.